The Labute approximate surface area is 87.4 Å². The van der Waals surface area contributed by atoms with Gasteiger partial charge in [-0.2, -0.15) is 0 Å². The molecule has 0 heterocycles. The number of hydrogen-bond acceptors (Lipinski definition) is 3. The first-order chi connectivity index (χ1) is 7.04. The Balaban J connectivity index is 3.25. The van der Waals surface area contributed by atoms with Gasteiger partial charge in [-0.1, -0.05) is 6.08 Å². The molecule has 0 aromatic heterocycles. The van der Waals surface area contributed by atoms with Gasteiger partial charge in [0, 0.05) is 17.7 Å². The number of non-ortho nitro benzene ring substituents is 1. The summed E-state index contributed by atoms with van der Waals surface area (Å²) in [6.45, 7) is 4.94. The Hall–Kier alpha value is -1.97. The van der Waals surface area contributed by atoms with Crippen LogP contribution in [0.3, 0.4) is 0 Å². The van der Waals surface area contributed by atoms with Crippen molar-refractivity contribution in [1.82, 2.24) is 0 Å². The first-order valence-corrected chi connectivity index (χ1v) is 4.44. The predicted molar refractivity (Wildman–Crippen MR) is 57.0 cm³/mol. The number of rotatable bonds is 4. The minimum absolute atomic E-state index is 0.0560. The van der Waals surface area contributed by atoms with Crippen molar-refractivity contribution in [1.29, 1.82) is 0 Å². The maximum absolute atomic E-state index is 11.1. The van der Waals surface area contributed by atoms with Gasteiger partial charge >= 0.3 is 0 Å². The largest absolute Gasteiger partial charge is 0.295 e. The van der Waals surface area contributed by atoms with Gasteiger partial charge in [0.2, 0.25) is 0 Å². The molecule has 4 nitrogen and oxygen atoms in total. The third-order valence-electron chi connectivity index (χ3n) is 1.97. The number of carbonyl (C=O) groups excluding carboxylic acids is 1. The molecule has 0 saturated carbocycles. The average Bonchev–Trinajstić information content (AvgIpc) is 2.17. The molecular formula is C11H11NO3. The van der Waals surface area contributed by atoms with Crippen molar-refractivity contribution in [3.63, 3.8) is 0 Å². The Morgan fingerprint density at radius 2 is 2.20 bits per heavy atom. The summed E-state index contributed by atoms with van der Waals surface area (Å²) in [5.41, 5.74) is 1.03. The van der Waals surface area contributed by atoms with E-state index in [1.165, 1.54) is 19.1 Å². The Morgan fingerprint density at radius 3 is 2.67 bits per heavy atom. The molecule has 0 amide bonds. The third-order valence-corrected chi connectivity index (χ3v) is 1.97. The van der Waals surface area contributed by atoms with Crippen LogP contribution in [0.2, 0.25) is 0 Å². The lowest BCUT2D eigenvalue weighted by Gasteiger charge is -2.01. The smallest absolute Gasteiger partial charge is 0.270 e. The number of ketones is 1. The maximum Gasteiger partial charge on any atom is 0.270 e. The van der Waals surface area contributed by atoms with Gasteiger partial charge in [0.05, 0.1) is 4.92 Å². The van der Waals surface area contributed by atoms with E-state index in [1.807, 2.05) is 0 Å². The van der Waals surface area contributed by atoms with Gasteiger partial charge in [0.15, 0.2) is 5.78 Å². The fourth-order valence-corrected chi connectivity index (χ4v) is 1.27. The number of nitro groups is 1. The van der Waals surface area contributed by atoms with Crippen LogP contribution in [0.5, 0.6) is 0 Å². The SMILES string of the molecule is C=CCc1cc(C(C)=O)cc([N+](=O)[O-])c1. The highest BCUT2D eigenvalue weighted by Gasteiger charge is 2.11. The monoisotopic (exact) mass is 205 g/mol. The summed E-state index contributed by atoms with van der Waals surface area (Å²) in [4.78, 5) is 21.2. The maximum atomic E-state index is 11.1. The zero-order valence-corrected chi connectivity index (χ0v) is 8.40. The number of benzene rings is 1. The van der Waals surface area contributed by atoms with Gasteiger partial charge in [-0.3, -0.25) is 14.9 Å². The minimum Gasteiger partial charge on any atom is -0.295 e. The van der Waals surface area contributed by atoms with Crippen molar-refractivity contribution >= 4 is 11.5 Å². The highest BCUT2D eigenvalue weighted by atomic mass is 16.6. The first kappa shape index (κ1) is 11.1. The molecule has 15 heavy (non-hydrogen) atoms. The number of Topliss-reactive ketones (excluding diaryl/α,β-unsaturated/α-hetero) is 1. The van der Waals surface area contributed by atoms with E-state index in [4.69, 9.17) is 0 Å². The summed E-state index contributed by atoms with van der Waals surface area (Å²) >= 11 is 0. The normalized spacial score (nSPS) is 9.67. The van der Waals surface area contributed by atoms with E-state index >= 15 is 0 Å². The van der Waals surface area contributed by atoms with E-state index in [1.54, 1.807) is 12.1 Å². The van der Waals surface area contributed by atoms with Crippen LogP contribution in [0.25, 0.3) is 0 Å². The quantitative estimate of drug-likeness (QED) is 0.328. The summed E-state index contributed by atoms with van der Waals surface area (Å²) < 4.78 is 0. The topological polar surface area (TPSA) is 60.2 Å². The summed E-state index contributed by atoms with van der Waals surface area (Å²) in [5, 5.41) is 10.6. The van der Waals surface area contributed by atoms with Gasteiger partial charge in [0.25, 0.3) is 5.69 Å². The molecule has 0 N–H and O–H groups in total. The molecule has 0 radical (unpaired) electrons. The fourth-order valence-electron chi connectivity index (χ4n) is 1.27. The van der Waals surface area contributed by atoms with Crippen LogP contribution in [0.1, 0.15) is 22.8 Å². The second-order valence-electron chi connectivity index (χ2n) is 3.19. The number of nitrogens with zero attached hydrogens (tertiary/aromatic N) is 1. The van der Waals surface area contributed by atoms with Crippen LogP contribution in [-0.2, 0) is 6.42 Å². The number of allylic oxidation sites excluding steroid dienone is 1. The second-order valence-corrected chi connectivity index (χ2v) is 3.19. The van der Waals surface area contributed by atoms with E-state index < -0.39 is 4.92 Å². The Morgan fingerprint density at radius 1 is 1.53 bits per heavy atom. The third kappa shape index (κ3) is 2.74. The van der Waals surface area contributed by atoms with Crippen LogP contribution in [-0.4, -0.2) is 10.7 Å². The van der Waals surface area contributed by atoms with Crippen LogP contribution in [0, 0.1) is 10.1 Å². The molecule has 0 unspecified atom stereocenters. The van der Waals surface area contributed by atoms with Gasteiger partial charge in [-0.15, -0.1) is 6.58 Å². The fraction of sp³-hybridized carbons (Fsp3) is 0.182. The number of hydrogen-bond donors (Lipinski definition) is 0. The van der Waals surface area contributed by atoms with Gasteiger partial charge < -0.3 is 0 Å². The molecule has 0 fully saturated rings. The van der Waals surface area contributed by atoms with Crippen LogP contribution < -0.4 is 0 Å². The van der Waals surface area contributed by atoms with Gasteiger partial charge in [0.1, 0.15) is 0 Å². The molecule has 0 aliphatic carbocycles. The molecule has 0 atom stereocenters. The molecule has 78 valence electrons. The van der Waals surface area contributed by atoms with Crippen molar-refractivity contribution < 1.29 is 9.72 Å². The predicted octanol–water partition coefficient (Wildman–Crippen LogP) is 2.53. The van der Waals surface area contributed by atoms with Crippen molar-refractivity contribution in [3.8, 4) is 0 Å². The minimum atomic E-state index is -0.501. The summed E-state index contributed by atoms with van der Waals surface area (Å²) in [6.07, 6.45) is 2.16. The zero-order chi connectivity index (χ0) is 11.4. The standard InChI is InChI=1S/C11H11NO3/c1-3-4-9-5-10(8(2)13)7-11(6-9)12(14)15/h3,5-7H,1,4H2,2H3. The molecule has 0 bridgehead atoms. The lowest BCUT2D eigenvalue weighted by molar-refractivity contribution is -0.384. The number of carbonyl (C=O) groups is 1. The van der Waals surface area contributed by atoms with E-state index in [0.717, 1.165) is 5.56 Å². The Bertz CT molecular complexity index is 392. The molecule has 0 aliphatic heterocycles. The van der Waals surface area contributed by atoms with Crippen molar-refractivity contribution in [2.24, 2.45) is 0 Å². The van der Waals surface area contributed by atoms with Crippen LogP contribution >= 0.6 is 0 Å². The molecule has 0 saturated heterocycles. The van der Waals surface area contributed by atoms with E-state index in [0.29, 0.717) is 12.0 Å². The first-order valence-electron chi connectivity index (χ1n) is 4.44. The number of nitro benzene ring substituents is 1. The molecule has 0 spiro atoms. The van der Waals surface area contributed by atoms with E-state index in [-0.39, 0.29) is 11.5 Å². The lowest BCUT2D eigenvalue weighted by Crippen LogP contribution is -1.97. The summed E-state index contributed by atoms with van der Waals surface area (Å²) in [7, 11) is 0. The van der Waals surface area contributed by atoms with E-state index in [9.17, 15) is 14.9 Å². The molecule has 4 heteroatoms. The molecule has 1 aromatic carbocycles. The average molecular weight is 205 g/mol. The molecule has 0 aliphatic rings. The van der Waals surface area contributed by atoms with Crippen LogP contribution in [0.4, 0.5) is 5.69 Å². The summed E-state index contributed by atoms with van der Waals surface area (Å²) in [6, 6.07) is 4.39. The van der Waals surface area contributed by atoms with E-state index in [2.05, 4.69) is 6.58 Å². The molecule has 1 rings (SSSR count). The highest BCUT2D eigenvalue weighted by molar-refractivity contribution is 5.94. The van der Waals surface area contributed by atoms with Crippen LogP contribution in [0.15, 0.2) is 30.9 Å². The zero-order valence-electron chi connectivity index (χ0n) is 8.40. The molecular weight excluding hydrogens is 194 g/mol. The second kappa shape index (κ2) is 4.50. The van der Waals surface area contributed by atoms with Crippen molar-refractivity contribution in [2.45, 2.75) is 13.3 Å². The highest BCUT2D eigenvalue weighted by Crippen LogP contribution is 2.18. The lowest BCUT2D eigenvalue weighted by atomic mass is 10.0. The van der Waals surface area contributed by atoms with Gasteiger partial charge in [-0.05, 0) is 25.0 Å². The van der Waals surface area contributed by atoms with Crippen molar-refractivity contribution in [3.05, 3.63) is 52.1 Å². The van der Waals surface area contributed by atoms with Gasteiger partial charge in [-0.25, -0.2) is 0 Å². The molecule has 1 aromatic rings. The summed E-state index contributed by atoms with van der Waals surface area (Å²) in [5.74, 6) is -0.177. The Kier molecular flexibility index (Phi) is 3.33. The van der Waals surface area contributed by atoms with Crippen molar-refractivity contribution in [2.75, 3.05) is 0 Å².